The van der Waals surface area contributed by atoms with E-state index >= 15 is 0 Å². The summed E-state index contributed by atoms with van der Waals surface area (Å²) in [5.74, 6) is -0.561. The first-order valence-electron chi connectivity index (χ1n) is 15.5. The van der Waals surface area contributed by atoms with Crippen LogP contribution in [0.5, 0.6) is 0 Å². The molecule has 2 N–H and O–H groups in total. The second-order valence-corrected chi connectivity index (χ2v) is 11.6. The number of alkyl halides is 3. The first-order chi connectivity index (χ1) is 22.0. The van der Waals surface area contributed by atoms with Gasteiger partial charge in [0.2, 0.25) is 0 Å². The summed E-state index contributed by atoms with van der Waals surface area (Å²) in [5.41, 5.74) is 3.28. The van der Waals surface area contributed by atoms with Crippen molar-refractivity contribution in [2.75, 3.05) is 6.54 Å². The molecule has 1 aliphatic carbocycles. The number of rotatable bonds is 13. The topological polar surface area (TPSA) is 88.4 Å². The maximum absolute atomic E-state index is 14.4. The quantitative estimate of drug-likeness (QED) is 0.109. The van der Waals surface area contributed by atoms with Crippen LogP contribution in [0.15, 0.2) is 78.4 Å². The Morgan fingerprint density at radius 3 is 2.43 bits per heavy atom. The zero-order valence-corrected chi connectivity index (χ0v) is 26.8. The highest BCUT2D eigenvalue weighted by Gasteiger charge is 2.30. The molecule has 0 bridgehead atoms. The first-order valence-corrected chi connectivity index (χ1v) is 15.8. The van der Waals surface area contributed by atoms with E-state index in [4.69, 9.17) is 21.5 Å². The van der Waals surface area contributed by atoms with Crippen LogP contribution in [0.4, 0.5) is 13.2 Å². The Bertz CT molecular complexity index is 1590. The van der Waals surface area contributed by atoms with Gasteiger partial charge in [0.15, 0.2) is 5.78 Å². The number of nitrogens with zero attached hydrogens (tertiary/aromatic N) is 1. The van der Waals surface area contributed by atoms with Crippen LogP contribution in [0.1, 0.15) is 85.2 Å². The van der Waals surface area contributed by atoms with Crippen LogP contribution in [0.25, 0.3) is 16.6 Å². The van der Waals surface area contributed by atoms with Crippen LogP contribution in [-0.2, 0) is 11.2 Å². The molecule has 246 valence electrons. The van der Waals surface area contributed by atoms with Crippen molar-refractivity contribution in [3.63, 3.8) is 0 Å². The van der Waals surface area contributed by atoms with Gasteiger partial charge in [-0.05, 0) is 85.4 Å². The van der Waals surface area contributed by atoms with E-state index in [-0.39, 0.29) is 29.7 Å². The van der Waals surface area contributed by atoms with Crippen LogP contribution in [0.3, 0.4) is 0 Å². The molecule has 1 aliphatic rings. The van der Waals surface area contributed by atoms with Crippen molar-refractivity contribution in [3.8, 4) is 0 Å². The van der Waals surface area contributed by atoms with Gasteiger partial charge in [-0.15, -0.1) is 0 Å². The lowest BCUT2D eigenvalue weighted by Crippen LogP contribution is -2.24. The normalized spacial score (nSPS) is 13.6. The third kappa shape index (κ3) is 10.5. The molecule has 46 heavy (non-hydrogen) atoms. The number of halogens is 4. The van der Waals surface area contributed by atoms with Crippen LogP contribution < -0.4 is 5.32 Å². The molecule has 4 rings (SSSR count). The third-order valence-electron chi connectivity index (χ3n) is 7.58. The van der Waals surface area contributed by atoms with E-state index in [0.29, 0.717) is 53.3 Å². The van der Waals surface area contributed by atoms with Crippen molar-refractivity contribution in [1.29, 1.82) is 0 Å². The average molecular weight is 657 g/mol. The first kappa shape index (κ1) is 36.4. The van der Waals surface area contributed by atoms with Crippen molar-refractivity contribution < 1.29 is 32.7 Å². The van der Waals surface area contributed by atoms with E-state index in [9.17, 15) is 22.8 Å². The summed E-state index contributed by atoms with van der Waals surface area (Å²) < 4.78 is 41.8. The van der Waals surface area contributed by atoms with E-state index < -0.39 is 12.6 Å². The molecule has 1 atom stereocenters. The molecule has 6 nitrogen and oxygen atoms in total. The molecule has 0 radical (unpaired) electrons. The highest BCUT2D eigenvalue weighted by molar-refractivity contribution is 6.31. The Hall–Kier alpha value is -4.11. The van der Waals surface area contributed by atoms with Gasteiger partial charge in [-0.1, -0.05) is 69.0 Å². The van der Waals surface area contributed by atoms with Gasteiger partial charge >= 0.3 is 6.18 Å². The number of ketones is 1. The Balaban J connectivity index is 0.00000185. The maximum atomic E-state index is 14.4. The van der Waals surface area contributed by atoms with Gasteiger partial charge in [0.1, 0.15) is 0 Å². The molecule has 0 saturated heterocycles. The Morgan fingerprint density at radius 1 is 1.07 bits per heavy atom. The molecule has 0 saturated carbocycles. The predicted octanol–water partition coefficient (Wildman–Crippen LogP) is 9.44. The Labute approximate surface area is 272 Å². The lowest BCUT2D eigenvalue weighted by molar-refractivity contribution is -0.126. The van der Waals surface area contributed by atoms with E-state index in [1.807, 2.05) is 25.1 Å². The van der Waals surface area contributed by atoms with Crippen molar-refractivity contribution in [2.24, 2.45) is 5.92 Å². The third-order valence-corrected chi connectivity index (χ3v) is 7.81. The molecule has 0 aliphatic heterocycles. The smallest absolute Gasteiger partial charge is 0.393 e. The van der Waals surface area contributed by atoms with E-state index in [1.54, 1.807) is 53.1 Å². The fourth-order valence-corrected chi connectivity index (χ4v) is 5.62. The molecule has 2 aromatic carbocycles. The van der Waals surface area contributed by atoms with Gasteiger partial charge in [0, 0.05) is 34.1 Å². The van der Waals surface area contributed by atoms with Gasteiger partial charge in [-0.3, -0.25) is 14.4 Å². The lowest BCUT2D eigenvalue weighted by atomic mass is 9.88. The fourth-order valence-electron chi connectivity index (χ4n) is 5.44. The lowest BCUT2D eigenvalue weighted by Gasteiger charge is -2.19. The Kier molecular flexibility index (Phi) is 13.9. The van der Waals surface area contributed by atoms with Crippen LogP contribution >= 0.6 is 11.6 Å². The minimum atomic E-state index is -4.35. The molecule has 10 heteroatoms. The van der Waals surface area contributed by atoms with E-state index in [0.717, 1.165) is 36.6 Å². The molecule has 1 unspecified atom stereocenters. The highest BCUT2D eigenvalue weighted by Crippen LogP contribution is 2.34. The van der Waals surface area contributed by atoms with Gasteiger partial charge in [0.05, 0.1) is 17.6 Å². The molecular weight excluding hydrogens is 617 g/mol. The maximum Gasteiger partial charge on any atom is 0.393 e. The second kappa shape index (κ2) is 17.5. The van der Waals surface area contributed by atoms with Crippen LogP contribution in [0.2, 0.25) is 5.02 Å². The van der Waals surface area contributed by atoms with Gasteiger partial charge in [-0.2, -0.15) is 13.2 Å². The van der Waals surface area contributed by atoms with E-state index in [1.165, 1.54) is 6.08 Å². The molecule has 0 spiro atoms. The summed E-state index contributed by atoms with van der Waals surface area (Å²) in [6.45, 7) is 4.46. The largest absolute Gasteiger partial charge is 0.483 e. The number of unbranched alkanes of at least 4 members (excludes halogenated alkanes) is 2. The number of hydrogen-bond acceptors (Lipinski definition) is 3. The highest BCUT2D eigenvalue weighted by atomic mass is 35.5. The summed E-state index contributed by atoms with van der Waals surface area (Å²) in [4.78, 5) is 35.1. The summed E-state index contributed by atoms with van der Waals surface area (Å²) in [6, 6.07) is 14.4. The molecule has 0 fully saturated rings. The number of nitrogens with one attached hydrogen (secondary N) is 1. The average Bonchev–Trinajstić information content (AvgIpc) is 3.23. The number of carbonyl (C=O) groups excluding carboxylic acids is 2. The number of benzene rings is 2. The number of carbonyl (C=O) groups is 3. The standard InChI is InChI=1S/C35H38ClF3N2O2.CH2O2/c1-3-5-6-10-27(19-24-12-14-26(15-13-24)34(43)40-18-4-2)33(42)32-22-28-21-29(36)16-17-31(28)41(32)30-11-8-7-9-25(20-30)23-35(37,38)39;2-1-3/h8-9,11-17,20-22,27H,3-7,10,18-19,23H2,1-2H3,(H,40,43);1H,(H,2,3). The van der Waals surface area contributed by atoms with E-state index in [2.05, 4.69) is 12.2 Å². The predicted molar refractivity (Wildman–Crippen MR) is 177 cm³/mol. The summed E-state index contributed by atoms with van der Waals surface area (Å²) in [6.07, 6.45) is 6.52. The number of Topliss-reactive ketones (excluding diaryl/α,β-unsaturated/α-hetero) is 1. The number of amides is 1. The van der Waals surface area contributed by atoms with Crippen molar-refractivity contribution in [3.05, 3.63) is 100 Å². The number of fused-ring (bicyclic) bond motifs is 1. The van der Waals surface area contributed by atoms with Crippen molar-refractivity contribution in [2.45, 2.75) is 71.4 Å². The minimum Gasteiger partial charge on any atom is -0.483 e. The second-order valence-electron chi connectivity index (χ2n) is 11.2. The Morgan fingerprint density at radius 2 is 1.78 bits per heavy atom. The molecule has 3 aromatic rings. The fraction of sp³-hybridized carbons (Fsp3) is 0.361. The molecule has 1 amide bonds. The SMILES string of the molecule is CCCCCC(Cc1ccc(C(=O)NCCC)cc1)C(=O)c1cc2cc(Cl)ccc2n1C1=CC(CC(F)(F)F)=CCC=C1.O=CO. The molecular formula is C36H40ClF3N2O4. The molecule has 1 heterocycles. The number of hydrogen-bond donors (Lipinski definition) is 2. The van der Waals surface area contributed by atoms with Crippen molar-refractivity contribution >= 4 is 46.4 Å². The summed E-state index contributed by atoms with van der Waals surface area (Å²) >= 11 is 6.30. The zero-order valence-electron chi connectivity index (χ0n) is 26.1. The van der Waals surface area contributed by atoms with Gasteiger partial charge in [-0.25, -0.2) is 0 Å². The molecule has 1 aromatic heterocycles. The van der Waals surface area contributed by atoms with Crippen LogP contribution in [0, 0.1) is 5.92 Å². The number of aromatic nitrogens is 1. The summed E-state index contributed by atoms with van der Waals surface area (Å²) in [5, 5.41) is 11.0. The van der Waals surface area contributed by atoms with Crippen molar-refractivity contribution in [1.82, 2.24) is 9.88 Å². The summed E-state index contributed by atoms with van der Waals surface area (Å²) in [7, 11) is 0. The minimum absolute atomic E-state index is 0.0758. The van der Waals surface area contributed by atoms with Crippen LogP contribution in [-0.4, -0.2) is 40.6 Å². The monoisotopic (exact) mass is 656 g/mol. The number of carboxylic acid groups (broad SMARTS) is 1. The van der Waals surface area contributed by atoms with Gasteiger partial charge < -0.3 is 15.0 Å². The number of allylic oxidation sites excluding steroid dienone is 6. The van der Waals surface area contributed by atoms with Gasteiger partial charge in [0.25, 0.3) is 12.4 Å². The zero-order chi connectivity index (χ0) is 33.7.